The summed E-state index contributed by atoms with van der Waals surface area (Å²) in [5, 5.41) is 3.78. The van der Waals surface area contributed by atoms with Gasteiger partial charge < -0.3 is 5.32 Å². The lowest BCUT2D eigenvalue weighted by Crippen LogP contribution is -2.23. The van der Waals surface area contributed by atoms with Crippen LogP contribution in [0.3, 0.4) is 0 Å². The molecule has 1 atom stereocenters. The first-order valence-electron chi connectivity index (χ1n) is 6.17. The van der Waals surface area contributed by atoms with Crippen molar-refractivity contribution in [1.82, 2.24) is 4.31 Å². The number of hydrogen-bond acceptors (Lipinski definition) is 4. The molecule has 0 amide bonds. The standard InChI is InChI=1S/C13H22N2O2S2/c1-11(18-4)9-10-14-12-7-5-6-8-13(12)19(16,17)15(2)3/h5-8,11,14H,9-10H2,1-4H3. The SMILES string of the molecule is CSC(C)CCNc1ccccc1S(=O)(=O)N(C)C. The van der Waals surface area contributed by atoms with Gasteiger partial charge in [-0.05, 0) is 24.8 Å². The van der Waals surface area contributed by atoms with Gasteiger partial charge in [-0.1, -0.05) is 19.1 Å². The van der Waals surface area contributed by atoms with Gasteiger partial charge in [0.25, 0.3) is 0 Å². The van der Waals surface area contributed by atoms with Crippen molar-refractivity contribution in [3.63, 3.8) is 0 Å². The fraction of sp³-hybridized carbons (Fsp3) is 0.538. The molecule has 0 saturated heterocycles. The highest BCUT2D eigenvalue weighted by molar-refractivity contribution is 7.99. The molecule has 4 nitrogen and oxygen atoms in total. The first kappa shape index (κ1) is 16.3. The number of rotatable bonds is 7. The predicted octanol–water partition coefficient (Wildman–Crippen LogP) is 2.49. The van der Waals surface area contributed by atoms with E-state index in [1.54, 1.807) is 32.3 Å². The largest absolute Gasteiger partial charge is 0.384 e. The molecule has 0 aliphatic rings. The average Bonchev–Trinajstić information content (AvgIpc) is 2.38. The third-order valence-electron chi connectivity index (χ3n) is 2.91. The number of anilines is 1. The van der Waals surface area contributed by atoms with Crippen LogP contribution in [0.4, 0.5) is 5.69 Å². The van der Waals surface area contributed by atoms with Crippen molar-refractivity contribution in [2.24, 2.45) is 0 Å². The van der Waals surface area contributed by atoms with Crippen LogP contribution in [-0.2, 0) is 10.0 Å². The molecule has 0 aliphatic heterocycles. The van der Waals surface area contributed by atoms with Gasteiger partial charge in [0.2, 0.25) is 10.0 Å². The molecule has 0 bridgehead atoms. The number of thioether (sulfide) groups is 1. The van der Waals surface area contributed by atoms with E-state index in [1.807, 2.05) is 17.8 Å². The molecule has 0 saturated carbocycles. The molecule has 0 spiro atoms. The van der Waals surface area contributed by atoms with E-state index >= 15 is 0 Å². The van der Waals surface area contributed by atoms with Crippen molar-refractivity contribution in [3.05, 3.63) is 24.3 Å². The van der Waals surface area contributed by atoms with E-state index < -0.39 is 10.0 Å². The lowest BCUT2D eigenvalue weighted by atomic mass is 10.3. The van der Waals surface area contributed by atoms with Gasteiger partial charge in [0.15, 0.2) is 0 Å². The monoisotopic (exact) mass is 302 g/mol. The maximum Gasteiger partial charge on any atom is 0.244 e. The Bertz CT molecular complexity index is 501. The predicted molar refractivity (Wildman–Crippen MR) is 83.4 cm³/mol. The number of benzene rings is 1. The zero-order valence-corrected chi connectivity index (χ0v) is 13.5. The second kappa shape index (κ2) is 7.17. The van der Waals surface area contributed by atoms with E-state index in [0.29, 0.717) is 15.8 Å². The number of hydrogen-bond donors (Lipinski definition) is 1. The fourth-order valence-corrected chi connectivity index (χ4v) is 2.98. The van der Waals surface area contributed by atoms with Gasteiger partial charge in [-0.25, -0.2) is 12.7 Å². The quantitative estimate of drug-likeness (QED) is 0.841. The first-order valence-corrected chi connectivity index (χ1v) is 8.90. The van der Waals surface area contributed by atoms with E-state index in [4.69, 9.17) is 0 Å². The topological polar surface area (TPSA) is 49.4 Å². The number of nitrogens with zero attached hydrogens (tertiary/aromatic N) is 1. The highest BCUT2D eigenvalue weighted by Gasteiger charge is 2.20. The van der Waals surface area contributed by atoms with Crippen molar-refractivity contribution < 1.29 is 8.42 Å². The van der Waals surface area contributed by atoms with Crippen LogP contribution >= 0.6 is 11.8 Å². The van der Waals surface area contributed by atoms with Crippen molar-refractivity contribution in [1.29, 1.82) is 0 Å². The van der Waals surface area contributed by atoms with Crippen LogP contribution in [-0.4, -0.2) is 44.9 Å². The third kappa shape index (κ3) is 4.40. The van der Waals surface area contributed by atoms with Gasteiger partial charge in [0.1, 0.15) is 4.90 Å². The summed E-state index contributed by atoms with van der Waals surface area (Å²) in [5.41, 5.74) is 0.671. The fourth-order valence-electron chi connectivity index (χ4n) is 1.56. The molecule has 0 aromatic heterocycles. The molecule has 1 aromatic rings. The Hall–Kier alpha value is -0.720. The molecule has 1 N–H and O–H groups in total. The molecular formula is C13H22N2O2S2. The van der Waals surface area contributed by atoms with Crippen LogP contribution in [0, 0.1) is 0 Å². The second-order valence-corrected chi connectivity index (χ2v) is 7.94. The molecule has 0 radical (unpaired) electrons. The Labute approximate surface area is 120 Å². The summed E-state index contributed by atoms with van der Waals surface area (Å²) in [6.07, 6.45) is 3.08. The highest BCUT2D eigenvalue weighted by Crippen LogP contribution is 2.23. The maximum absolute atomic E-state index is 12.2. The number of para-hydroxylation sites is 1. The molecule has 0 aliphatic carbocycles. The van der Waals surface area contributed by atoms with Gasteiger partial charge in [0.05, 0.1) is 5.69 Å². The summed E-state index contributed by atoms with van der Waals surface area (Å²) in [6.45, 7) is 2.93. The van der Waals surface area contributed by atoms with Crippen LogP contribution in [0.15, 0.2) is 29.2 Å². The molecular weight excluding hydrogens is 280 g/mol. The molecule has 108 valence electrons. The first-order chi connectivity index (χ1) is 8.89. The summed E-state index contributed by atoms with van der Waals surface area (Å²) < 4.78 is 25.6. The van der Waals surface area contributed by atoms with Crippen molar-refractivity contribution in [2.45, 2.75) is 23.5 Å². The minimum Gasteiger partial charge on any atom is -0.384 e. The third-order valence-corrected chi connectivity index (χ3v) is 5.83. The van der Waals surface area contributed by atoms with E-state index in [9.17, 15) is 8.42 Å². The Morgan fingerprint density at radius 3 is 2.53 bits per heavy atom. The van der Waals surface area contributed by atoms with E-state index in [1.165, 1.54) is 4.31 Å². The second-order valence-electron chi connectivity index (χ2n) is 4.55. The Morgan fingerprint density at radius 2 is 1.95 bits per heavy atom. The van der Waals surface area contributed by atoms with Gasteiger partial charge in [-0.15, -0.1) is 0 Å². The average molecular weight is 302 g/mol. The molecule has 1 aromatic carbocycles. The van der Waals surface area contributed by atoms with Gasteiger partial charge >= 0.3 is 0 Å². The molecule has 0 heterocycles. The molecule has 19 heavy (non-hydrogen) atoms. The highest BCUT2D eigenvalue weighted by atomic mass is 32.2. The van der Waals surface area contributed by atoms with Crippen molar-refractivity contribution >= 4 is 27.5 Å². The number of nitrogens with one attached hydrogen (secondary N) is 1. The molecule has 1 rings (SSSR count). The van der Waals surface area contributed by atoms with Gasteiger partial charge in [-0.2, -0.15) is 11.8 Å². The Morgan fingerprint density at radius 1 is 1.32 bits per heavy atom. The smallest absolute Gasteiger partial charge is 0.244 e. The van der Waals surface area contributed by atoms with E-state index in [2.05, 4.69) is 18.5 Å². The van der Waals surface area contributed by atoms with Crippen molar-refractivity contribution in [3.8, 4) is 0 Å². The Kier molecular flexibility index (Phi) is 6.16. The minimum absolute atomic E-state index is 0.330. The van der Waals surface area contributed by atoms with Crippen LogP contribution in [0.5, 0.6) is 0 Å². The summed E-state index contributed by atoms with van der Waals surface area (Å²) in [4.78, 5) is 0.330. The van der Waals surface area contributed by atoms with Crippen LogP contribution in [0.1, 0.15) is 13.3 Å². The lowest BCUT2D eigenvalue weighted by molar-refractivity contribution is 0.521. The molecule has 1 unspecified atom stereocenters. The van der Waals surface area contributed by atoms with Crippen LogP contribution < -0.4 is 5.32 Å². The molecule has 6 heteroatoms. The van der Waals surface area contributed by atoms with Gasteiger partial charge in [-0.3, -0.25) is 0 Å². The minimum atomic E-state index is -3.40. The normalized spacial score (nSPS) is 13.5. The van der Waals surface area contributed by atoms with Crippen LogP contribution in [0.2, 0.25) is 0 Å². The molecule has 0 fully saturated rings. The van der Waals surface area contributed by atoms with E-state index in [0.717, 1.165) is 13.0 Å². The zero-order chi connectivity index (χ0) is 14.5. The Balaban J connectivity index is 2.86. The summed E-state index contributed by atoms with van der Waals surface area (Å²) in [7, 11) is -0.311. The summed E-state index contributed by atoms with van der Waals surface area (Å²) in [6, 6.07) is 7.02. The number of sulfonamides is 1. The summed E-state index contributed by atoms with van der Waals surface area (Å²) >= 11 is 1.81. The lowest BCUT2D eigenvalue weighted by Gasteiger charge is -2.17. The summed E-state index contributed by atoms with van der Waals surface area (Å²) in [5.74, 6) is 0. The van der Waals surface area contributed by atoms with E-state index in [-0.39, 0.29) is 0 Å². The zero-order valence-electron chi connectivity index (χ0n) is 11.9. The van der Waals surface area contributed by atoms with Gasteiger partial charge in [0, 0.05) is 25.9 Å². The van der Waals surface area contributed by atoms with Crippen LogP contribution in [0.25, 0.3) is 0 Å². The maximum atomic E-state index is 12.2. The van der Waals surface area contributed by atoms with Crippen molar-refractivity contribution in [2.75, 3.05) is 32.2 Å².